The van der Waals surface area contributed by atoms with Crippen molar-refractivity contribution in [2.75, 3.05) is 6.61 Å². The highest BCUT2D eigenvalue weighted by atomic mass is 16.6. The Hall–Kier alpha value is -0.610. The van der Waals surface area contributed by atoms with Crippen molar-refractivity contribution in [3.05, 3.63) is 0 Å². The van der Waals surface area contributed by atoms with Gasteiger partial charge in [0.15, 0.2) is 6.29 Å². The third kappa shape index (κ3) is 1.97. The Balaban J connectivity index is 2.24. The van der Waals surface area contributed by atoms with Gasteiger partial charge >= 0.3 is 0 Å². The number of ether oxygens (including phenoxy) is 2. The smallest absolute Gasteiger partial charge is 0.293 e. The molecule has 0 aromatic heterocycles. The summed E-state index contributed by atoms with van der Waals surface area (Å²) >= 11 is 0. The molecule has 1 saturated heterocycles. The summed E-state index contributed by atoms with van der Waals surface area (Å²) in [6.07, 6.45) is 0.133. The van der Waals surface area contributed by atoms with Crippen LogP contribution in [0.25, 0.3) is 0 Å². The van der Waals surface area contributed by atoms with Crippen LogP contribution < -0.4 is 0 Å². The minimum absolute atomic E-state index is 0.166. The fraction of sp³-hybridized carbons (Fsp3) is 0.833. The van der Waals surface area contributed by atoms with Crippen LogP contribution >= 0.6 is 0 Å². The van der Waals surface area contributed by atoms with Crippen molar-refractivity contribution in [1.82, 2.24) is 0 Å². The van der Waals surface area contributed by atoms with Crippen molar-refractivity contribution >= 4 is 6.47 Å². The van der Waals surface area contributed by atoms with Crippen LogP contribution in [0.1, 0.15) is 12.8 Å². The van der Waals surface area contributed by atoms with Crippen molar-refractivity contribution in [2.24, 2.45) is 0 Å². The average Bonchev–Trinajstić information content (AvgIpc) is 1.88. The Morgan fingerprint density at radius 2 is 2.50 bits per heavy atom. The first kappa shape index (κ1) is 7.50. The lowest BCUT2D eigenvalue weighted by atomic mass is 10.1. The molecular formula is C6H10O4. The highest BCUT2D eigenvalue weighted by molar-refractivity contribution is 5.37. The highest BCUT2D eigenvalue weighted by Gasteiger charge is 2.20. The summed E-state index contributed by atoms with van der Waals surface area (Å²) in [5.41, 5.74) is 0. The van der Waals surface area contributed by atoms with Gasteiger partial charge in [0.2, 0.25) is 0 Å². The molecule has 0 aromatic carbocycles. The summed E-state index contributed by atoms with van der Waals surface area (Å²) < 4.78 is 9.45. The van der Waals surface area contributed by atoms with Crippen molar-refractivity contribution in [1.29, 1.82) is 0 Å². The summed E-state index contributed by atoms with van der Waals surface area (Å²) in [4.78, 5) is 9.84. The van der Waals surface area contributed by atoms with Gasteiger partial charge < -0.3 is 14.6 Å². The topological polar surface area (TPSA) is 55.8 Å². The molecule has 0 aromatic rings. The summed E-state index contributed by atoms with van der Waals surface area (Å²) in [5, 5.41) is 8.89. The molecule has 1 N–H and O–H groups in total. The molecule has 0 aliphatic carbocycles. The zero-order valence-corrected chi connectivity index (χ0v) is 5.53. The van der Waals surface area contributed by atoms with E-state index in [1.165, 1.54) is 0 Å². The second-order valence-corrected chi connectivity index (χ2v) is 2.20. The lowest BCUT2D eigenvalue weighted by molar-refractivity contribution is -0.168. The van der Waals surface area contributed by atoms with Crippen LogP contribution in [0.3, 0.4) is 0 Å². The Bertz CT molecular complexity index is 114. The van der Waals surface area contributed by atoms with Crippen LogP contribution in [0.4, 0.5) is 0 Å². The van der Waals surface area contributed by atoms with Gasteiger partial charge in [0.25, 0.3) is 6.47 Å². The largest absolute Gasteiger partial charge is 0.464 e. The number of hydrogen-bond donors (Lipinski definition) is 1. The van der Waals surface area contributed by atoms with Crippen LogP contribution in [0.2, 0.25) is 0 Å². The minimum atomic E-state index is -0.765. The maximum absolute atomic E-state index is 9.84. The number of carbonyl (C=O) groups is 1. The van der Waals surface area contributed by atoms with Crippen molar-refractivity contribution < 1.29 is 19.4 Å². The molecule has 4 nitrogen and oxygen atoms in total. The quantitative estimate of drug-likeness (QED) is 0.541. The summed E-state index contributed by atoms with van der Waals surface area (Å²) in [5.74, 6) is 0. The van der Waals surface area contributed by atoms with E-state index in [0.717, 1.165) is 0 Å². The number of aliphatic hydroxyl groups is 1. The molecule has 1 aliphatic heterocycles. The van der Waals surface area contributed by atoms with E-state index in [2.05, 4.69) is 4.74 Å². The van der Waals surface area contributed by atoms with Gasteiger partial charge in [-0.2, -0.15) is 0 Å². The second-order valence-electron chi connectivity index (χ2n) is 2.20. The Labute approximate surface area is 58.7 Å². The first-order valence-electron chi connectivity index (χ1n) is 3.21. The zero-order chi connectivity index (χ0) is 7.40. The molecule has 0 amide bonds. The third-order valence-electron chi connectivity index (χ3n) is 1.46. The van der Waals surface area contributed by atoms with E-state index in [9.17, 15) is 4.79 Å². The molecule has 1 aliphatic rings. The number of rotatable bonds is 2. The standard InChI is InChI=1S/C6H10O4/c7-4-10-5-1-2-9-6(8)3-5/h4-6,8H,1-3H2. The maximum Gasteiger partial charge on any atom is 0.293 e. The molecule has 2 atom stereocenters. The molecule has 2 unspecified atom stereocenters. The monoisotopic (exact) mass is 146 g/mol. The Kier molecular flexibility index (Phi) is 2.65. The predicted molar refractivity (Wildman–Crippen MR) is 32.1 cm³/mol. The van der Waals surface area contributed by atoms with E-state index in [-0.39, 0.29) is 6.10 Å². The van der Waals surface area contributed by atoms with Gasteiger partial charge in [-0.05, 0) is 0 Å². The van der Waals surface area contributed by atoms with E-state index in [1.807, 2.05) is 0 Å². The molecule has 58 valence electrons. The van der Waals surface area contributed by atoms with Gasteiger partial charge in [-0.25, -0.2) is 0 Å². The van der Waals surface area contributed by atoms with Gasteiger partial charge in [0, 0.05) is 12.8 Å². The van der Waals surface area contributed by atoms with E-state index in [0.29, 0.717) is 25.9 Å². The fourth-order valence-electron chi connectivity index (χ4n) is 0.948. The molecular weight excluding hydrogens is 136 g/mol. The van der Waals surface area contributed by atoms with Crippen molar-refractivity contribution in [2.45, 2.75) is 25.2 Å². The van der Waals surface area contributed by atoms with Crippen molar-refractivity contribution in [3.63, 3.8) is 0 Å². The van der Waals surface area contributed by atoms with E-state index in [1.54, 1.807) is 0 Å². The molecule has 1 rings (SSSR count). The van der Waals surface area contributed by atoms with E-state index >= 15 is 0 Å². The average molecular weight is 146 g/mol. The lowest BCUT2D eigenvalue weighted by Gasteiger charge is -2.24. The van der Waals surface area contributed by atoms with Crippen LogP contribution in [0.15, 0.2) is 0 Å². The first-order valence-corrected chi connectivity index (χ1v) is 3.21. The van der Waals surface area contributed by atoms with Crippen LogP contribution in [0, 0.1) is 0 Å². The van der Waals surface area contributed by atoms with Crippen LogP contribution in [-0.2, 0) is 14.3 Å². The molecule has 1 fully saturated rings. The van der Waals surface area contributed by atoms with Crippen molar-refractivity contribution in [3.8, 4) is 0 Å². The number of aliphatic hydroxyl groups excluding tert-OH is 1. The van der Waals surface area contributed by atoms with Gasteiger partial charge in [0.1, 0.15) is 6.10 Å². The summed E-state index contributed by atoms with van der Waals surface area (Å²) in [6, 6.07) is 0. The Morgan fingerprint density at radius 3 is 3.10 bits per heavy atom. The lowest BCUT2D eigenvalue weighted by Crippen LogP contribution is -2.30. The summed E-state index contributed by atoms with van der Waals surface area (Å²) in [6.45, 7) is 0.863. The number of carbonyl (C=O) groups excluding carboxylic acids is 1. The predicted octanol–water partition coefficient (Wildman–Crippen LogP) is -0.343. The molecule has 1 heterocycles. The van der Waals surface area contributed by atoms with Gasteiger partial charge in [-0.15, -0.1) is 0 Å². The van der Waals surface area contributed by atoms with Gasteiger partial charge in [-0.1, -0.05) is 0 Å². The zero-order valence-electron chi connectivity index (χ0n) is 5.53. The molecule has 4 heteroatoms. The fourth-order valence-corrected chi connectivity index (χ4v) is 0.948. The third-order valence-corrected chi connectivity index (χ3v) is 1.46. The molecule has 0 radical (unpaired) electrons. The van der Waals surface area contributed by atoms with Crippen LogP contribution in [-0.4, -0.2) is 30.6 Å². The van der Waals surface area contributed by atoms with Gasteiger partial charge in [0.05, 0.1) is 6.61 Å². The molecule has 0 bridgehead atoms. The van der Waals surface area contributed by atoms with Gasteiger partial charge in [-0.3, -0.25) is 4.79 Å². The highest BCUT2D eigenvalue weighted by Crippen LogP contribution is 2.13. The van der Waals surface area contributed by atoms with Crippen LogP contribution in [0.5, 0.6) is 0 Å². The summed E-state index contributed by atoms with van der Waals surface area (Å²) in [7, 11) is 0. The van der Waals surface area contributed by atoms with E-state index in [4.69, 9.17) is 9.84 Å². The molecule has 0 spiro atoms. The SMILES string of the molecule is O=COC1CCOC(O)C1. The normalized spacial score (nSPS) is 33.3. The minimum Gasteiger partial charge on any atom is -0.464 e. The first-order chi connectivity index (χ1) is 4.83. The molecule has 10 heavy (non-hydrogen) atoms. The number of hydrogen-bond acceptors (Lipinski definition) is 4. The Morgan fingerprint density at radius 1 is 1.70 bits per heavy atom. The maximum atomic E-state index is 9.84. The molecule has 0 saturated carbocycles. The van der Waals surface area contributed by atoms with E-state index < -0.39 is 6.29 Å². The second kappa shape index (κ2) is 3.53.